The molecule has 10 heteroatoms. The Bertz CT molecular complexity index is 1250. The van der Waals surface area contributed by atoms with Gasteiger partial charge >= 0.3 is 0 Å². The molecule has 2 aliphatic rings. The average molecular weight is 455 g/mol. The molecule has 0 aromatic heterocycles. The zero-order valence-electron chi connectivity index (χ0n) is 17.4. The predicted molar refractivity (Wildman–Crippen MR) is 118 cm³/mol. The van der Waals surface area contributed by atoms with Gasteiger partial charge < -0.3 is 5.32 Å². The molecular formula is C22H22N4O5S. The van der Waals surface area contributed by atoms with E-state index in [2.05, 4.69) is 15.0 Å². The highest BCUT2D eigenvalue weighted by Gasteiger charge is 2.33. The highest BCUT2D eigenvalue weighted by molar-refractivity contribution is 7.90. The summed E-state index contributed by atoms with van der Waals surface area (Å²) in [5, 5.41) is 2.64. The molecule has 9 nitrogen and oxygen atoms in total. The van der Waals surface area contributed by atoms with Gasteiger partial charge in [0.25, 0.3) is 27.7 Å². The van der Waals surface area contributed by atoms with Crippen molar-refractivity contribution in [1.29, 1.82) is 0 Å². The van der Waals surface area contributed by atoms with Gasteiger partial charge in [0, 0.05) is 31.3 Å². The number of carbonyl (C=O) groups excluding carboxylic acids is 3. The molecule has 4 rings (SSSR count). The second kappa shape index (κ2) is 8.54. The number of amidine groups is 1. The Kier molecular flexibility index (Phi) is 5.79. The number of rotatable bonds is 4. The van der Waals surface area contributed by atoms with Crippen LogP contribution in [0.4, 0.5) is 5.69 Å². The fraction of sp³-hybridized carbons (Fsp3) is 0.273. The Labute approximate surface area is 185 Å². The Morgan fingerprint density at radius 2 is 1.78 bits per heavy atom. The van der Waals surface area contributed by atoms with E-state index in [9.17, 15) is 22.8 Å². The molecule has 2 aromatic carbocycles. The smallest absolute Gasteiger partial charge is 0.262 e. The van der Waals surface area contributed by atoms with Crippen molar-refractivity contribution in [2.45, 2.75) is 30.6 Å². The van der Waals surface area contributed by atoms with E-state index in [-0.39, 0.29) is 27.3 Å². The number of nitrogens with zero attached hydrogens (tertiary/aromatic N) is 2. The summed E-state index contributed by atoms with van der Waals surface area (Å²) in [4.78, 5) is 42.2. The maximum Gasteiger partial charge on any atom is 0.262 e. The minimum atomic E-state index is -3.85. The summed E-state index contributed by atoms with van der Waals surface area (Å²) < 4.78 is 28.1. The molecule has 166 valence electrons. The molecule has 2 aromatic rings. The molecular weight excluding hydrogens is 432 g/mol. The number of amides is 3. The van der Waals surface area contributed by atoms with Crippen LogP contribution >= 0.6 is 0 Å². The van der Waals surface area contributed by atoms with Crippen molar-refractivity contribution in [2.75, 3.05) is 18.9 Å². The molecule has 0 saturated heterocycles. The van der Waals surface area contributed by atoms with Gasteiger partial charge in [0.1, 0.15) is 5.84 Å². The number of hydrogen-bond donors (Lipinski definition) is 2. The van der Waals surface area contributed by atoms with Crippen LogP contribution in [0.5, 0.6) is 0 Å². The lowest BCUT2D eigenvalue weighted by Gasteiger charge is -2.11. The third-order valence-electron chi connectivity index (χ3n) is 5.38. The van der Waals surface area contributed by atoms with Crippen LogP contribution in [-0.4, -0.2) is 50.5 Å². The molecule has 0 aliphatic carbocycles. The van der Waals surface area contributed by atoms with Gasteiger partial charge in [0.15, 0.2) is 0 Å². The first-order valence-corrected chi connectivity index (χ1v) is 11.7. The zero-order chi connectivity index (χ0) is 22.9. The van der Waals surface area contributed by atoms with Crippen LogP contribution < -0.4 is 10.0 Å². The van der Waals surface area contributed by atoms with Gasteiger partial charge in [-0.15, -0.1) is 0 Å². The summed E-state index contributed by atoms with van der Waals surface area (Å²) >= 11 is 0. The van der Waals surface area contributed by atoms with Gasteiger partial charge in [-0.1, -0.05) is 12.5 Å². The topological polar surface area (TPSA) is 125 Å². The van der Waals surface area contributed by atoms with Crippen LogP contribution in [0, 0.1) is 0 Å². The highest BCUT2D eigenvalue weighted by Crippen LogP contribution is 2.24. The van der Waals surface area contributed by atoms with Crippen molar-refractivity contribution in [3.8, 4) is 0 Å². The molecule has 0 spiro atoms. The first kappa shape index (κ1) is 21.7. The van der Waals surface area contributed by atoms with E-state index in [1.54, 1.807) is 6.07 Å². The van der Waals surface area contributed by atoms with E-state index in [4.69, 9.17) is 0 Å². The van der Waals surface area contributed by atoms with Gasteiger partial charge in [-0.25, -0.2) is 8.42 Å². The Balaban J connectivity index is 1.52. The molecule has 0 radical (unpaired) electrons. The summed E-state index contributed by atoms with van der Waals surface area (Å²) in [5.41, 5.74) is 0.865. The monoisotopic (exact) mass is 454 g/mol. The van der Waals surface area contributed by atoms with Crippen molar-refractivity contribution < 1.29 is 22.8 Å². The molecule has 0 saturated carbocycles. The number of imide groups is 1. The average Bonchev–Trinajstić information content (AvgIpc) is 2.95. The first-order chi connectivity index (χ1) is 15.3. The first-order valence-electron chi connectivity index (χ1n) is 10.2. The molecule has 2 heterocycles. The highest BCUT2D eigenvalue weighted by atomic mass is 32.2. The number of carbonyl (C=O) groups is 3. The Morgan fingerprint density at radius 3 is 2.59 bits per heavy atom. The van der Waals surface area contributed by atoms with Gasteiger partial charge in [-0.05, 0) is 49.2 Å². The van der Waals surface area contributed by atoms with Crippen LogP contribution in [0.2, 0.25) is 0 Å². The van der Waals surface area contributed by atoms with E-state index < -0.39 is 27.7 Å². The van der Waals surface area contributed by atoms with Crippen molar-refractivity contribution in [1.82, 2.24) is 9.62 Å². The molecule has 2 N–H and O–H groups in total. The van der Waals surface area contributed by atoms with Gasteiger partial charge in [0.05, 0.1) is 16.0 Å². The SMILES string of the molecule is CN1C(=O)c2ccc(C(=O)Nc3cccc(S(=O)(=O)NC4=NCCCCC4)c3)cc2C1=O. The van der Waals surface area contributed by atoms with Crippen LogP contribution in [0.25, 0.3) is 0 Å². The van der Waals surface area contributed by atoms with E-state index in [0.717, 1.165) is 24.2 Å². The van der Waals surface area contributed by atoms with Gasteiger partial charge in [-0.2, -0.15) is 0 Å². The summed E-state index contributed by atoms with van der Waals surface area (Å²) in [6, 6.07) is 10.1. The van der Waals surface area contributed by atoms with E-state index >= 15 is 0 Å². The normalized spacial score (nSPS) is 16.3. The number of aliphatic imine (C=N–C) groups is 1. The van der Waals surface area contributed by atoms with Crippen molar-refractivity contribution in [3.05, 3.63) is 59.2 Å². The number of hydrogen-bond acceptors (Lipinski definition) is 6. The second-order valence-electron chi connectivity index (χ2n) is 7.66. The molecule has 32 heavy (non-hydrogen) atoms. The summed E-state index contributed by atoms with van der Waals surface area (Å²) in [7, 11) is -2.47. The summed E-state index contributed by atoms with van der Waals surface area (Å²) in [6.07, 6.45) is 3.40. The molecule has 0 atom stereocenters. The second-order valence-corrected chi connectivity index (χ2v) is 9.34. The van der Waals surface area contributed by atoms with Crippen molar-refractivity contribution in [3.63, 3.8) is 0 Å². The third kappa shape index (κ3) is 4.26. The van der Waals surface area contributed by atoms with E-state index in [1.165, 1.54) is 43.4 Å². The van der Waals surface area contributed by atoms with Crippen molar-refractivity contribution >= 4 is 39.3 Å². The van der Waals surface area contributed by atoms with Gasteiger partial charge in [-0.3, -0.25) is 29.0 Å². The van der Waals surface area contributed by atoms with Gasteiger partial charge in [0.2, 0.25) is 0 Å². The van der Waals surface area contributed by atoms with Crippen LogP contribution in [0.15, 0.2) is 52.4 Å². The number of benzene rings is 2. The molecule has 0 fully saturated rings. The molecule has 0 bridgehead atoms. The summed E-state index contributed by atoms with van der Waals surface area (Å²) in [6.45, 7) is 0.596. The Hall–Kier alpha value is -3.53. The maximum atomic E-state index is 12.8. The van der Waals surface area contributed by atoms with Crippen LogP contribution in [0.3, 0.4) is 0 Å². The van der Waals surface area contributed by atoms with E-state index in [1.807, 2.05) is 0 Å². The lowest BCUT2D eigenvalue weighted by molar-refractivity contribution is 0.0693. The molecule has 0 unspecified atom stereocenters. The lowest BCUT2D eigenvalue weighted by Crippen LogP contribution is -2.30. The van der Waals surface area contributed by atoms with Crippen LogP contribution in [-0.2, 0) is 10.0 Å². The minimum absolute atomic E-state index is 0.00130. The zero-order valence-corrected chi connectivity index (χ0v) is 18.2. The predicted octanol–water partition coefficient (Wildman–Crippen LogP) is 2.42. The Morgan fingerprint density at radius 1 is 1.00 bits per heavy atom. The largest absolute Gasteiger partial charge is 0.322 e. The maximum absolute atomic E-state index is 12.8. The van der Waals surface area contributed by atoms with E-state index in [0.29, 0.717) is 18.8 Å². The number of sulfonamides is 1. The fourth-order valence-corrected chi connectivity index (χ4v) is 4.75. The van der Waals surface area contributed by atoms with Crippen LogP contribution in [0.1, 0.15) is 56.8 Å². The number of nitrogens with one attached hydrogen (secondary N) is 2. The summed E-state index contributed by atoms with van der Waals surface area (Å²) in [5.74, 6) is -0.974. The fourth-order valence-electron chi connectivity index (χ4n) is 3.62. The number of fused-ring (bicyclic) bond motifs is 1. The van der Waals surface area contributed by atoms with Crippen molar-refractivity contribution in [2.24, 2.45) is 4.99 Å². The standard InChI is InChI=1S/C22H22N4O5S/c1-26-21(28)17-10-9-14(12-18(17)22(26)29)20(27)24-15-6-5-7-16(13-15)32(30,31)25-19-8-3-2-4-11-23-19/h5-7,9-10,12-13H,2-4,8,11H2,1H3,(H,23,25)(H,24,27). The minimum Gasteiger partial charge on any atom is -0.322 e. The molecule has 3 amide bonds. The molecule has 2 aliphatic heterocycles. The quantitative estimate of drug-likeness (QED) is 0.687. The third-order valence-corrected chi connectivity index (χ3v) is 6.76. The number of anilines is 1. The lowest BCUT2D eigenvalue weighted by atomic mass is 10.1.